The monoisotopic (exact) mass is 301 g/mol. The number of carboxylic acid groups (broad SMARTS) is 1. The second-order valence-corrected chi connectivity index (χ2v) is 4.24. The van der Waals surface area contributed by atoms with E-state index in [0.29, 0.717) is 0 Å². The second-order valence-electron chi connectivity index (χ2n) is 3.88. The molecule has 0 aliphatic heterocycles. The number of carbonyl (C=O) groups is 1. The van der Waals surface area contributed by atoms with Gasteiger partial charge >= 0.3 is 12.1 Å². The Balaban J connectivity index is 2.61. The molecule has 0 amide bonds. The summed E-state index contributed by atoms with van der Waals surface area (Å²) in [5, 5.41) is 8.46. The molecule has 2 rings (SSSR count). The molecule has 1 heterocycles. The van der Waals surface area contributed by atoms with Crippen molar-refractivity contribution in [2.24, 2.45) is 0 Å². The molecule has 0 unspecified atom stereocenters. The van der Waals surface area contributed by atoms with Crippen LogP contribution in [0.3, 0.4) is 0 Å². The molecule has 0 saturated heterocycles. The molecule has 1 aromatic heterocycles. The van der Waals surface area contributed by atoms with Gasteiger partial charge in [-0.25, -0.2) is 9.78 Å². The Kier molecular flexibility index (Phi) is 3.67. The van der Waals surface area contributed by atoms with Crippen LogP contribution in [0.5, 0.6) is 0 Å². The molecule has 0 aliphatic carbocycles. The summed E-state index contributed by atoms with van der Waals surface area (Å²) in [6, 6.07) is 7.20. The predicted molar refractivity (Wildman–Crippen MR) is 66.6 cm³/mol. The van der Waals surface area contributed by atoms with Gasteiger partial charge in [0.25, 0.3) is 0 Å². The maximum atomic E-state index is 12.9. The molecule has 0 saturated carbocycles. The van der Waals surface area contributed by atoms with Crippen LogP contribution in [0.2, 0.25) is 5.15 Å². The van der Waals surface area contributed by atoms with Crippen LogP contribution in [0.25, 0.3) is 11.1 Å². The Bertz CT molecular complexity index is 671. The van der Waals surface area contributed by atoms with E-state index in [0.717, 1.165) is 12.1 Å². The van der Waals surface area contributed by atoms with Gasteiger partial charge in [0, 0.05) is 5.56 Å². The van der Waals surface area contributed by atoms with E-state index in [9.17, 15) is 18.0 Å². The standard InChI is InChI=1S/C13H7ClF3NO2/c14-11-8(5-6-10(18-11)12(19)20)7-3-1-2-4-9(7)13(15,16)17/h1-6H,(H,19,20). The van der Waals surface area contributed by atoms with Crippen molar-refractivity contribution in [2.45, 2.75) is 6.18 Å². The van der Waals surface area contributed by atoms with Gasteiger partial charge in [0.2, 0.25) is 0 Å². The number of pyridine rings is 1. The minimum atomic E-state index is -4.54. The summed E-state index contributed by atoms with van der Waals surface area (Å²) in [6.07, 6.45) is -4.54. The molecule has 104 valence electrons. The minimum Gasteiger partial charge on any atom is -0.477 e. The van der Waals surface area contributed by atoms with Gasteiger partial charge in [-0.05, 0) is 23.8 Å². The fourth-order valence-corrected chi connectivity index (χ4v) is 1.98. The highest BCUT2D eigenvalue weighted by atomic mass is 35.5. The lowest BCUT2D eigenvalue weighted by Crippen LogP contribution is -2.07. The van der Waals surface area contributed by atoms with Crippen LogP contribution in [-0.4, -0.2) is 16.1 Å². The maximum absolute atomic E-state index is 12.9. The Labute approximate surface area is 116 Å². The Hall–Kier alpha value is -2.08. The first-order valence-corrected chi connectivity index (χ1v) is 5.75. The Morgan fingerprint density at radius 3 is 2.30 bits per heavy atom. The fourth-order valence-electron chi connectivity index (χ4n) is 1.72. The summed E-state index contributed by atoms with van der Waals surface area (Å²) >= 11 is 5.79. The third kappa shape index (κ3) is 2.75. The fraction of sp³-hybridized carbons (Fsp3) is 0.0769. The molecule has 20 heavy (non-hydrogen) atoms. The molecule has 3 nitrogen and oxygen atoms in total. The number of nitrogens with zero attached hydrogens (tertiary/aromatic N) is 1. The third-order valence-electron chi connectivity index (χ3n) is 2.59. The van der Waals surface area contributed by atoms with Gasteiger partial charge in [-0.3, -0.25) is 0 Å². The number of carboxylic acids is 1. The van der Waals surface area contributed by atoms with Crippen LogP contribution in [-0.2, 0) is 6.18 Å². The number of hydrogen-bond acceptors (Lipinski definition) is 2. The first kappa shape index (κ1) is 14.3. The van der Waals surface area contributed by atoms with Gasteiger partial charge in [0.05, 0.1) is 5.56 Å². The van der Waals surface area contributed by atoms with E-state index >= 15 is 0 Å². The highest BCUT2D eigenvalue weighted by Crippen LogP contribution is 2.38. The SMILES string of the molecule is O=C(O)c1ccc(-c2ccccc2C(F)(F)F)c(Cl)n1. The number of halogens is 4. The zero-order valence-electron chi connectivity index (χ0n) is 9.78. The summed E-state index contributed by atoms with van der Waals surface area (Å²) in [5.74, 6) is -1.30. The van der Waals surface area contributed by atoms with Gasteiger partial charge in [-0.1, -0.05) is 29.8 Å². The van der Waals surface area contributed by atoms with Gasteiger partial charge in [0.1, 0.15) is 10.8 Å². The molecule has 0 spiro atoms. The highest BCUT2D eigenvalue weighted by Gasteiger charge is 2.33. The second kappa shape index (κ2) is 5.13. The van der Waals surface area contributed by atoms with Crippen LogP contribution < -0.4 is 0 Å². The minimum absolute atomic E-state index is 0.0320. The molecule has 7 heteroatoms. The van der Waals surface area contributed by atoms with Gasteiger partial charge < -0.3 is 5.11 Å². The van der Waals surface area contributed by atoms with Gasteiger partial charge in [-0.2, -0.15) is 13.2 Å². The van der Waals surface area contributed by atoms with E-state index in [-0.39, 0.29) is 22.0 Å². The smallest absolute Gasteiger partial charge is 0.417 e. The molecule has 0 radical (unpaired) electrons. The van der Waals surface area contributed by atoms with Crippen molar-refractivity contribution in [3.63, 3.8) is 0 Å². The number of hydrogen-bond donors (Lipinski definition) is 1. The molecular formula is C13H7ClF3NO2. The van der Waals surface area contributed by atoms with E-state index in [4.69, 9.17) is 16.7 Å². The first-order chi connectivity index (χ1) is 9.30. The summed E-state index contributed by atoms with van der Waals surface area (Å²) in [4.78, 5) is 14.3. The lowest BCUT2D eigenvalue weighted by atomic mass is 10.0. The largest absolute Gasteiger partial charge is 0.477 e. The van der Waals surface area contributed by atoms with Crippen molar-refractivity contribution in [2.75, 3.05) is 0 Å². The normalized spacial score (nSPS) is 11.4. The van der Waals surface area contributed by atoms with Crippen LogP contribution >= 0.6 is 11.6 Å². The molecule has 0 atom stereocenters. The van der Waals surface area contributed by atoms with Crippen molar-refractivity contribution < 1.29 is 23.1 Å². The maximum Gasteiger partial charge on any atom is 0.417 e. The number of rotatable bonds is 2. The molecule has 2 aromatic rings. The average molecular weight is 302 g/mol. The summed E-state index contributed by atoms with van der Waals surface area (Å²) < 4.78 is 38.7. The van der Waals surface area contributed by atoms with Crippen molar-refractivity contribution in [3.8, 4) is 11.1 Å². The average Bonchev–Trinajstić information content (AvgIpc) is 2.37. The predicted octanol–water partition coefficient (Wildman–Crippen LogP) is 4.12. The van der Waals surface area contributed by atoms with Crippen LogP contribution in [0.4, 0.5) is 13.2 Å². The zero-order valence-corrected chi connectivity index (χ0v) is 10.5. The summed E-state index contributed by atoms with van der Waals surface area (Å²) in [5.41, 5.74) is -1.30. The van der Waals surface area contributed by atoms with E-state index in [1.807, 2.05) is 0 Å². The quantitative estimate of drug-likeness (QED) is 0.849. The van der Waals surface area contributed by atoms with Crippen LogP contribution in [0.15, 0.2) is 36.4 Å². The van der Waals surface area contributed by atoms with E-state index in [1.165, 1.54) is 24.3 Å². The topological polar surface area (TPSA) is 50.2 Å². The van der Waals surface area contributed by atoms with E-state index < -0.39 is 17.7 Å². The lowest BCUT2D eigenvalue weighted by Gasteiger charge is -2.13. The van der Waals surface area contributed by atoms with Crippen molar-refractivity contribution >= 4 is 17.6 Å². The Morgan fingerprint density at radius 2 is 1.75 bits per heavy atom. The van der Waals surface area contributed by atoms with E-state index in [2.05, 4.69) is 4.98 Å². The zero-order chi connectivity index (χ0) is 14.9. The van der Waals surface area contributed by atoms with Gasteiger partial charge in [-0.15, -0.1) is 0 Å². The van der Waals surface area contributed by atoms with Crippen LogP contribution in [0.1, 0.15) is 16.1 Å². The van der Waals surface area contributed by atoms with Crippen molar-refractivity contribution in [3.05, 3.63) is 52.8 Å². The first-order valence-electron chi connectivity index (χ1n) is 5.37. The lowest BCUT2D eigenvalue weighted by molar-refractivity contribution is -0.137. The number of aromatic carboxylic acids is 1. The van der Waals surface area contributed by atoms with E-state index in [1.54, 1.807) is 0 Å². The molecule has 0 bridgehead atoms. The molecule has 0 fully saturated rings. The molecule has 0 aliphatic rings. The van der Waals surface area contributed by atoms with Crippen LogP contribution in [0, 0.1) is 0 Å². The van der Waals surface area contributed by atoms with Crippen molar-refractivity contribution in [1.29, 1.82) is 0 Å². The number of benzene rings is 1. The van der Waals surface area contributed by atoms with Crippen molar-refractivity contribution in [1.82, 2.24) is 4.98 Å². The number of alkyl halides is 3. The third-order valence-corrected chi connectivity index (χ3v) is 2.88. The molecule has 1 aromatic carbocycles. The highest BCUT2D eigenvalue weighted by molar-refractivity contribution is 6.32. The van der Waals surface area contributed by atoms with Gasteiger partial charge in [0.15, 0.2) is 0 Å². The summed E-state index contributed by atoms with van der Waals surface area (Å²) in [6.45, 7) is 0. The number of aromatic nitrogens is 1. The Morgan fingerprint density at radius 1 is 1.10 bits per heavy atom. The molecular weight excluding hydrogens is 295 g/mol. The summed E-state index contributed by atoms with van der Waals surface area (Å²) in [7, 11) is 0. The molecule has 1 N–H and O–H groups in total.